The highest BCUT2D eigenvalue weighted by molar-refractivity contribution is 4.99. The molecule has 2 atom stereocenters. The van der Waals surface area contributed by atoms with E-state index in [4.69, 9.17) is 0 Å². The van der Waals surface area contributed by atoms with E-state index in [0.717, 1.165) is 17.8 Å². The molecule has 0 amide bonds. The van der Waals surface area contributed by atoms with Gasteiger partial charge in [-0.05, 0) is 60.7 Å². The van der Waals surface area contributed by atoms with Gasteiger partial charge in [-0.2, -0.15) is 0 Å². The summed E-state index contributed by atoms with van der Waals surface area (Å²) in [6.07, 6.45) is 76.0. The minimum absolute atomic E-state index is 0.449. The molecular formula is C66H134. The van der Waals surface area contributed by atoms with E-state index in [1.165, 1.54) is 334 Å². The van der Waals surface area contributed by atoms with Gasteiger partial charge in [0.15, 0.2) is 0 Å². The smallest absolute Gasteiger partial charge is 0.0267 e. The Kier molecular flexibility index (Phi) is 50.0. The molecule has 0 nitrogen and oxygen atoms in total. The molecule has 0 heterocycles. The van der Waals surface area contributed by atoms with Gasteiger partial charge in [0.25, 0.3) is 0 Å². The van der Waals surface area contributed by atoms with Gasteiger partial charge in [0.1, 0.15) is 0 Å². The predicted molar refractivity (Wildman–Crippen MR) is 306 cm³/mol. The van der Waals surface area contributed by atoms with Gasteiger partial charge in [-0.25, -0.2) is 0 Å². The Bertz CT molecular complexity index is 782. The lowest BCUT2D eigenvalue weighted by atomic mass is 9.50. The van der Waals surface area contributed by atoms with Gasteiger partial charge in [0.05, 0.1) is 0 Å². The summed E-state index contributed by atoms with van der Waals surface area (Å²) in [6.45, 7) is 23.0. The molecule has 0 saturated heterocycles. The molecule has 0 heteroatoms. The highest BCUT2D eigenvalue weighted by Crippen LogP contribution is 2.58. The molecule has 0 fully saturated rings. The largest absolute Gasteiger partial charge is 0.0654 e. The highest BCUT2D eigenvalue weighted by atomic mass is 14.5. The van der Waals surface area contributed by atoms with E-state index in [0.29, 0.717) is 10.8 Å². The average Bonchev–Trinajstić information content (AvgIpc) is 3.33. The molecule has 0 saturated carbocycles. The van der Waals surface area contributed by atoms with Crippen molar-refractivity contribution in [3.8, 4) is 0 Å². The lowest BCUT2D eigenvalue weighted by Crippen LogP contribution is -2.47. The van der Waals surface area contributed by atoms with E-state index in [2.05, 4.69) is 62.3 Å². The second-order valence-electron chi connectivity index (χ2n) is 23.8. The Labute approximate surface area is 422 Å². The number of hydrogen-bond acceptors (Lipinski definition) is 0. The molecule has 0 aromatic heterocycles. The molecule has 0 aliphatic rings. The summed E-state index contributed by atoms with van der Waals surface area (Å²) >= 11 is 0. The van der Waals surface area contributed by atoms with E-state index < -0.39 is 0 Å². The molecule has 0 aliphatic heterocycles. The number of hydrogen-bond donors (Lipinski definition) is 0. The van der Waals surface area contributed by atoms with Gasteiger partial charge in [-0.1, -0.05) is 364 Å². The topological polar surface area (TPSA) is 0 Å². The Morgan fingerprint density at radius 3 is 0.515 bits per heavy atom. The summed E-state index contributed by atoms with van der Waals surface area (Å²) in [6, 6.07) is 0. The minimum atomic E-state index is 0.449. The molecule has 2 unspecified atom stereocenters. The van der Waals surface area contributed by atoms with Crippen molar-refractivity contribution in [1.29, 1.82) is 0 Å². The van der Waals surface area contributed by atoms with Crippen LogP contribution in [0.1, 0.15) is 396 Å². The Balaban J connectivity index is 5.94. The Hall–Kier alpha value is 0. The normalized spacial score (nSPS) is 14.4. The molecule has 0 aromatic carbocycles. The van der Waals surface area contributed by atoms with Crippen molar-refractivity contribution < 1.29 is 0 Å². The van der Waals surface area contributed by atoms with Crippen molar-refractivity contribution in [2.24, 2.45) is 28.6 Å². The molecule has 0 N–H and O–H groups in total. The van der Waals surface area contributed by atoms with Gasteiger partial charge >= 0.3 is 0 Å². The molecule has 0 rings (SSSR count). The van der Waals surface area contributed by atoms with E-state index in [-0.39, 0.29) is 0 Å². The highest BCUT2D eigenvalue weighted by Gasteiger charge is 2.49. The SMILES string of the molecule is CCCCCCCCCCCCCC(CCCCCCCCCCCCC)C(C)(CC)C(CCC)C(C)(CC)C(CCCCCCCCCCCCC)CCCCCCCCCCCCC. The summed E-state index contributed by atoms with van der Waals surface area (Å²) in [5, 5.41) is 0. The maximum absolute atomic E-state index is 2.88. The first-order chi connectivity index (χ1) is 32.4. The van der Waals surface area contributed by atoms with E-state index in [1.807, 2.05) is 0 Å². The lowest BCUT2D eigenvalue weighted by Gasteiger charge is -2.55. The predicted octanol–water partition coefficient (Wildman–Crippen LogP) is 25.3. The fourth-order valence-electron chi connectivity index (χ4n) is 13.2. The molecule has 0 bridgehead atoms. The van der Waals surface area contributed by atoms with Gasteiger partial charge in [-0.3, -0.25) is 0 Å². The van der Waals surface area contributed by atoms with Crippen LogP contribution >= 0.6 is 0 Å². The second-order valence-corrected chi connectivity index (χ2v) is 23.8. The van der Waals surface area contributed by atoms with Crippen molar-refractivity contribution in [3.63, 3.8) is 0 Å². The first kappa shape index (κ1) is 66.0. The Morgan fingerprint density at radius 2 is 0.364 bits per heavy atom. The van der Waals surface area contributed by atoms with Crippen molar-refractivity contribution >= 4 is 0 Å². The van der Waals surface area contributed by atoms with Crippen LogP contribution in [-0.4, -0.2) is 0 Å². The van der Waals surface area contributed by atoms with Crippen LogP contribution in [0.5, 0.6) is 0 Å². The second kappa shape index (κ2) is 50.0. The molecule has 0 aliphatic carbocycles. The van der Waals surface area contributed by atoms with E-state index >= 15 is 0 Å². The van der Waals surface area contributed by atoms with Crippen LogP contribution in [0.2, 0.25) is 0 Å². The third kappa shape index (κ3) is 35.2. The van der Waals surface area contributed by atoms with Crippen LogP contribution in [0.15, 0.2) is 0 Å². The standard InChI is InChI=1S/C66H134/c1-10-17-21-25-29-33-37-41-45-49-53-58-62(59-54-50-46-42-38-34-30-26-22-18-11-2)65(8,15-6)64(57-14-5)66(9,16-7)63(60-55-51-47-43-39-35-31-27-23-19-12-3)61-56-52-48-44-40-36-32-28-24-20-13-4/h62-64H,10-61H2,1-9H3. The third-order valence-corrected chi connectivity index (χ3v) is 18.2. The van der Waals surface area contributed by atoms with E-state index in [1.54, 1.807) is 0 Å². The molecule has 0 spiro atoms. The molecule has 398 valence electrons. The summed E-state index contributed by atoms with van der Waals surface area (Å²) in [5.41, 5.74) is 0.897. The molecular weight excluding hydrogens is 793 g/mol. The van der Waals surface area contributed by atoms with E-state index in [9.17, 15) is 0 Å². The number of unbranched alkanes of at least 4 members (excludes halogenated alkanes) is 40. The first-order valence-electron chi connectivity index (χ1n) is 32.4. The average molecular weight is 928 g/mol. The van der Waals surface area contributed by atoms with Crippen LogP contribution < -0.4 is 0 Å². The fourth-order valence-corrected chi connectivity index (χ4v) is 13.2. The van der Waals surface area contributed by atoms with Gasteiger partial charge < -0.3 is 0 Å². The van der Waals surface area contributed by atoms with Crippen LogP contribution in [-0.2, 0) is 0 Å². The summed E-state index contributed by atoms with van der Waals surface area (Å²) in [5.74, 6) is 2.64. The maximum atomic E-state index is 2.88. The van der Waals surface area contributed by atoms with Gasteiger partial charge in [0, 0.05) is 0 Å². The molecule has 0 radical (unpaired) electrons. The third-order valence-electron chi connectivity index (χ3n) is 18.2. The zero-order valence-corrected chi connectivity index (χ0v) is 48.5. The Morgan fingerprint density at radius 1 is 0.197 bits per heavy atom. The van der Waals surface area contributed by atoms with Crippen LogP contribution in [0.4, 0.5) is 0 Å². The molecule has 66 heavy (non-hydrogen) atoms. The zero-order chi connectivity index (χ0) is 48.5. The quantitative estimate of drug-likeness (QED) is 0.0533. The lowest BCUT2D eigenvalue weighted by molar-refractivity contribution is -0.0589. The van der Waals surface area contributed by atoms with Crippen molar-refractivity contribution in [3.05, 3.63) is 0 Å². The maximum Gasteiger partial charge on any atom is -0.0267 e. The molecule has 0 aromatic rings. The fraction of sp³-hybridized carbons (Fsp3) is 1.00. The van der Waals surface area contributed by atoms with Crippen LogP contribution in [0.25, 0.3) is 0 Å². The van der Waals surface area contributed by atoms with Crippen molar-refractivity contribution in [2.45, 2.75) is 396 Å². The monoisotopic (exact) mass is 927 g/mol. The first-order valence-corrected chi connectivity index (χ1v) is 32.4. The summed E-state index contributed by atoms with van der Waals surface area (Å²) < 4.78 is 0. The van der Waals surface area contributed by atoms with Gasteiger partial charge in [0.2, 0.25) is 0 Å². The van der Waals surface area contributed by atoms with Crippen molar-refractivity contribution in [2.75, 3.05) is 0 Å². The summed E-state index contributed by atoms with van der Waals surface area (Å²) in [7, 11) is 0. The van der Waals surface area contributed by atoms with Crippen LogP contribution in [0.3, 0.4) is 0 Å². The van der Waals surface area contributed by atoms with Gasteiger partial charge in [-0.15, -0.1) is 0 Å². The minimum Gasteiger partial charge on any atom is -0.0654 e. The van der Waals surface area contributed by atoms with Crippen LogP contribution in [0, 0.1) is 28.6 Å². The number of rotatable bonds is 56. The zero-order valence-electron chi connectivity index (χ0n) is 48.5. The summed E-state index contributed by atoms with van der Waals surface area (Å²) in [4.78, 5) is 0. The van der Waals surface area contributed by atoms with Crippen molar-refractivity contribution in [1.82, 2.24) is 0 Å².